The van der Waals surface area contributed by atoms with Crippen LogP contribution in [-0.2, 0) is 11.3 Å². The normalized spacial score (nSPS) is 23.0. The molecule has 26 heavy (non-hydrogen) atoms. The van der Waals surface area contributed by atoms with Gasteiger partial charge in [-0.3, -0.25) is 14.6 Å². The highest BCUT2D eigenvalue weighted by molar-refractivity contribution is 5.96. The molecule has 4 heterocycles. The third-order valence-corrected chi connectivity index (χ3v) is 5.65. The van der Waals surface area contributed by atoms with E-state index in [-0.39, 0.29) is 11.8 Å². The lowest BCUT2D eigenvalue weighted by Gasteiger charge is -2.39. The smallest absolute Gasteiger partial charge is 0.257 e. The lowest BCUT2D eigenvalue weighted by molar-refractivity contribution is -0.146. The summed E-state index contributed by atoms with van der Waals surface area (Å²) in [6.07, 6.45) is 7.64. The summed E-state index contributed by atoms with van der Waals surface area (Å²) >= 11 is 0. The lowest BCUT2D eigenvalue weighted by Crippen LogP contribution is -2.50. The number of rotatable bonds is 3. The molecule has 2 aromatic rings. The molecule has 1 spiro atoms. The van der Waals surface area contributed by atoms with Crippen LogP contribution in [0.3, 0.4) is 0 Å². The maximum Gasteiger partial charge on any atom is 0.257 e. The summed E-state index contributed by atoms with van der Waals surface area (Å²) in [5.74, 6) is 0.765. The number of furan rings is 1. The Bertz CT molecular complexity index is 817. The van der Waals surface area contributed by atoms with Gasteiger partial charge < -0.3 is 14.2 Å². The number of carbonyl (C=O) groups excluding carboxylic acids is 2. The van der Waals surface area contributed by atoms with Gasteiger partial charge in [0, 0.05) is 38.6 Å². The van der Waals surface area contributed by atoms with Crippen LogP contribution >= 0.6 is 0 Å². The Balaban J connectivity index is 1.49. The largest absolute Gasteiger partial charge is 0.469 e. The molecule has 0 N–H and O–H groups in total. The second-order valence-electron chi connectivity index (χ2n) is 7.34. The molecular formula is C20H23N3O3. The first-order valence-corrected chi connectivity index (χ1v) is 9.11. The minimum atomic E-state index is -0.437. The van der Waals surface area contributed by atoms with E-state index in [1.165, 1.54) is 6.26 Å². The van der Waals surface area contributed by atoms with E-state index in [9.17, 15) is 9.59 Å². The molecule has 6 nitrogen and oxygen atoms in total. The predicted octanol–water partition coefficient (Wildman–Crippen LogP) is 2.64. The number of likely N-dealkylation sites (tertiary alicyclic amines) is 2. The standard InChI is InChI=1S/C20H23N3O3/c1-15-17(5-11-26-15)18(24)23-10-7-20(14-23)6-3-9-22(19(20)25)13-16-4-2-8-21-12-16/h2,4-5,8,11-12H,3,6-7,9-10,13-14H2,1H3. The van der Waals surface area contributed by atoms with E-state index >= 15 is 0 Å². The van der Waals surface area contributed by atoms with Crippen molar-refractivity contribution in [3.8, 4) is 0 Å². The zero-order valence-corrected chi connectivity index (χ0v) is 15.0. The van der Waals surface area contributed by atoms with E-state index in [0.29, 0.717) is 31.0 Å². The second kappa shape index (κ2) is 6.59. The summed E-state index contributed by atoms with van der Waals surface area (Å²) in [5.41, 5.74) is 1.20. The molecule has 6 heteroatoms. The molecule has 1 unspecified atom stereocenters. The molecule has 2 saturated heterocycles. The van der Waals surface area contributed by atoms with Crippen LogP contribution in [0.1, 0.15) is 40.9 Å². The van der Waals surface area contributed by atoms with Gasteiger partial charge in [-0.2, -0.15) is 0 Å². The third-order valence-electron chi connectivity index (χ3n) is 5.65. The molecule has 0 radical (unpaired) electrons. The van der Waals surface area contributed by atoms with Crippen molar-refractivity contribution in [2.24, 2.45) is 5.41 Å². The number of pyridine rings is 1. The first-order valence-electron chi connectivity index (χ1n) is 9.11. The quantitative estimate of drug-likeness (QED) is 0.851. The number of piperidine rings is 1. The van der Waals surface area contributed by atoms with Crippen LogP contribution in [-0.4, -0.2) is 46.2 Å². The topological polar surface area (TPSA) is 66.7 Å². The Morgan fingerprint density at radius 3 is 2.92 bits per heavy atom. The van der Waals surface area contributed by atoms with Crippen LogP contribution in [0.25, 0.3) is 0 Å². The Morgan fingerprint density at radius 1 is 1.31 bits per heavy atom. The first kappa shape index (κ1) is 16.8. The van der Waals surface area contributed by atoms with Crippen molar-refractivity contribution in [1.29, 1.82) is 0 Å². The monoisotopic (exact) mass is 353 g/mol. The van der Waals surface area contributed by atoms with Crippen molar-refractivity contribution >= 4 is 11.8 Å². The van der Waals surface area contributed by atoms with E-state index in [4.69, 9.17) is 4.42 Å². The molecule has 2 fully saturated rings. The maximum atomic E-state index is 13.2. The summed E-state index contributed by atoms with van der Waals surface area (Å²) in [5, 5.41) is 0. The average molecular weight is 353 g/mol. The molecule has 2 amide bonds. The highest BCUT2D eigenvalue weighted by Gasteiger charge is 2.49. The fraction of sp³-hybridized carbons (Fsp3) is 0.450. The van der Waals surface area contributed by atoms with Crippen LogP contribution in [0.15, 0.2) is 41.3 Å². The van der Waals surface area contributed by atoms with Crippen LogP contribution in [0.5, 0.6) is 0 Å². The number of aromatic nitrogens is 1. The van der Waals surface area contributed by atoms with E-state index in [0.717, 1.165) is 31.4 Å². The Kier molecular flexibility index (Phi) is 4.26. The molecule has 0 saturated carbocycles. The van der Waals surface area contributed by atoms with Gasteiger partial charge in [0.05, 0.1) is 17.2 Å². The van der Waals surface area contributed by atoms with Gasteiger partial charge in [0.1, 0.15) is 5.76 Å². The number of amides is 2. The summed E-state index contributed by atoms with van der Waals surface area (Å²) in [4.78, 5) is 33.9. The molecule has 2 aliphatic heterocycles. The SMILES string of the molecule is Cc1occc1C(=O)N1CCC2(CCCN(Cc3cccnc3)C2=O)C1. The summed E-state index contributed by atoms with van der Waals surface area (Å²) < 4.78 is 5.26. The highest BCUT2D eigenvalue weighted by Crippen LogP contribution is 2.41. The van der Waals surface area contributed by atoms with E-state index in [1.54, 1.807) is 25.4 Å². The van der Waals surface area contributed by atoms with Crippen molar-refractivity contribution < 1.29 is 14.0 Å². The van der Waals surface area contributed by atoms with E-state index < -0.39 is 5.41 Å². The van der Waals surface area contributed by atoms with Crippen molar-refractivity contribution in [2.75, 3.05) is 19.6 Å². The fourth-order valence-corrected chi connectivity index (χ4v) is 4.22. The van der Waals surface area contributed by atoms with Crippen molar-refractivity contribution in [1.82, 2.24) is 14.8 Å². The number of nitrogens with zero attached hydrogens (tertiary/aromatic N) is 3. The molecular weight excluding hydrogens is 330 g/mol. The number of hydrogen-bond acceptors (Lipinski definition) is 4. The van der Waals surface area contributed by atoms with Crippen LogP contribution in [0.4, 0.5) is 0 Å². The van der Waals surface area contributed by atoms with Gasteiger partial charge in [0.25, 0.3) is 5.91 Å². The minimum Gasteiger partial charge on any atom is -0.469 e. The number of hydrogen-bond donors (Lipinski definition) is 0. The van der Waals surface area contributed by atoms with Gasteiger partial charge in [0.2, 0.25) is 5.91 Å². The molecule has 136 valence electrons. The van der Waals surface area contributed by atoms with Crippen LogP contribution in [0.2, 0.25) is 0 Å². The lowest BCUT2D eigenvalue weighted by atomic mass is 9.78. The summed E-state index contributed by atoms with van der Waals surface area (Å²) in [6, 6.07) is 5.59. The van der Waals surface area contributed by atoms with Gasteiger partial charge in [0.15, 0.2) is 0 Å². The zero-order valence-electron chi connectivity index (χ0n) is 15.0. The van der Waals surface area contributed by atoms with E-state index in [1.807, 2.05) is 21.9 Å². The molecule has 2 aliphatic rings. The molecule has 0 aromatic carbocycles. The molecule has 0 aliphatic carbocycles. The average Bonchev–Trinajstić information content (AvgIpc) is 3.27. The Labute approximate surface area is 152 Å². The first-order chi connectivity index (χ1) is 12.6. The van der Waals surface area contributed by atoms with Gasteiger partial charge in [-0.05, 0) is 43.9 Å². The molecule has 4 rings (SSSR count). The van der Waals surface area contributed by atoms with Crippen LogP contribution in [0, 0.1) is 12.3 Å². The molecule has 0 bridgehead atoms. The minimum absolute atomic E-state index is 0.0368. The van der Waals surface area contributed by atoms with Gasteiger partial charge in [-0.15, -0.1) is 0 Å². The van der Waals surface area contributed by atoms with Crippen molar-refractivity contribution in [2.45, 2.75) is 32.7 Å². The van der Waals surface area contributed by atoms with Crippen molar-refractivity contribution in [3.63, 3.8) is 0 Å². The fourth-order valence-electron chi connectivity index (χ4n) is 4.22. The predicted molar refractivity (Wildman–Crippen MR) is 95.3 cm³/mol. The number of aryl methyl sites for hydroxylation is 1. The number of carbonyl (C=O) groups is 2. The van der Waals surface area contributed by atoms with Gasteiger partial charge >= 0.3 is 0 Å². The van der Waals surface area contributed by atoms with Gasteiger partial charge in [-0.1, -0.05) is 6.07 Å². The Morgan fingerprint density at radius 2 is 2.19 bits per heavy atom. The summed E-state index contributed by atoms with van der Waals surface area (Å²) in [7, 11) is 0. The third kappa shape index (κ3) is 2.89. The zero-order chi connectivity index (χ0) is 18.1. The molecule has 2 aromatic heterocycles. The maximum absolute atomic E-state index is 13.2. The van der Waals surface area contributed by atoms with Gasteiger partial charge in [-0.25, -0.2) is 0 Å². The van der Waals surface area contributed by atoms with Crippen LogP contribution < -0.4 is 0 Å². The summed E-state index contributed by atoms with van der Waals surface area (Å²) in [6.45, 7) is 4.27. The Hall–Kier alpha value is -2.63. The highest BCUT2D eigenvalue weighted by atomic mass is 16.3. The molecule has 1 atom stereocenters. The van der Waals surface area contributed by atoms with Crippen molar-refractivity contribution in [3.05, 3.63) is 53.7 Å². The van der Waals surface area contributed by atoms with E-state index in [2.05, 4.69) is 4.98 Å². The second-order valence-corrected chi connectivity index (χ2v) is 7.34.